The van der Waals surface area contributed by atoms with Gasteiger partial charge >= 0.3 is 0 Å². The molecule has 5 heteroatoms. The van der Waals surface area contributed by atoms with E-state index in [0.29, 0.717) is 23.9 Å². The minimum Gasteiger partial charge on any atom is -0.494 e. The highest BCUT2D eigenvalue weighted by Gasteiger charge is 2.10. The van der Waals surface area contributed by atoms with Gasteiger partial charge in [-0.1, -0.05) is 11.8 Å². The molecule has 0 aliphatic heterocycles. The molecule has 0 aliphatic rings. The van der Waals surface area contributed by atoms with Gasteiger partial charge in [0.1, 0.15) is 22.8 Å². The van der Waals surface area contributed by atoms with Gasteiger partial charge in [-0.05, 0) is 55.1 Å². The lowest BCUT2D eigenvalue weighted by atomic mass is 10.1. The van der Waals surface area contributed by atoms with Crippen molar-refractivity contribution in [2.24, 2.45) is 0 Å². The number of hydrogen-bond acceptors (Lipinski definition) is 3. The SMILES string of the molecule is CCOc1ccc(C#Cc2cc(F)c(SC#N)c(F)c2)cc1. The first-order valence-corrected chi connectivity index (χ1v) is 7.25. The summed E-state index contributed by atoms with van der Waals surface area (Å²) in [6, 6.07) is 9.33. The summed E-state index contributed by atoms with van der Waals surface area (Å²) in [6.45, 7) is 2.47. The van der Waals surface area contributed by atoms with Crippen LogP contribution in [0.5, 0.6) is 5.75 Å². The van der Waals surface area contributed by atoms with E-state index in [1.807, 2.05) is 6.92 Å². The molecule has 110 valence electrons. The molecule has 0 saturated heterocycles. The van der Waals surface area contributed by atoms with Crippen molar-refractivity contribution >= 4 is 11.8 Å². The zero-order chi connectivity index (χ0) is 15.9. The molecule has 0 amide bonds. The number of benzene rings is 2. The Hall–Kier alpha value is -2.50. The van der Waals surface area contributed by atoms with Crippen molar-refractivity contribution in [1.29, 1.82) is 5.26 Å². The van der Waals surface area contributed by atoms with Gasteiger partial charge in [0.2, 0.25) is 0 Å². The Labute approximate surface area is 131 Å². The Kier molecular flexibility index (Phi) is 5.41. The van der Waals surface area contributed by atoms with Gasteiger partial charge in [0.05, 0.1) is 11.5 Å². The molecule has 2 nitrogen and oxygen atoms in total. The van der Waals surface area contributed by atoms with Gasteiger partial charge in [-0.25, -0.2) is 8.78 Å². The van der Waals surface area contributed by atoms with E-state index >= 15 is 0 Å². The quantitative estimate of drug-likeness (QED) is 0.480. The molecule has 0 bridgehead atoms. The summed E-state index contributed by atoms with van der Waals surface area (Å²) < 4.78 is 32.6. The maximum Gasteiger partial charge on any atom is 0.142 e. The predicted molar refractivity (Wildman–Crippen MR) is 81.4 cm³/mol. The standard InChI is InChI=1S/C17H11F2NOS/c1-2-21-14-7-5-12(6-8-14)3-4-13-9-15(18)17(22-11-20)16(19)10-13/h5-10H,2H2,1H3. The lowest BCUT2D eigenvalue weighted by Crippen LogP contribution is -1.91. The highest BCUT2D eigenvalue weighted by molar-refractivity contribution is 8.03. The molecule has 2 rings (SSSR count). The number of hydrogen-bond donors (Lipinski definition) is 0. The van der Waals surface area contributed by atoms with Crippen LogP contribution in [0, 0.1) is 34.1 Å². The fourth-order valence-corrected chi connectivity index (χ4v) is 2.12. The van der Waals surface area contributed by atoms with Crippen LogP contribution >= 0.6 is 11.8 Å². The highest BCUT2D eigenvalue weighted by atomic mass is 32.2. The van der Waals surface area contributed by atoms with E-state index in [-0.39, 0.29) is 10.5 Å². The molecule has 2 aromatic carbocycles. The van der Waals surface area contributed by atoms with E-state index in [1.54, 1.807) is 29.7 Å². The average Bonchev–Trinajstić information content (AvgIpc) is 2.50. The Morgan fingerprint density at radius 2 is 1.64 bits per heavy atom. The predicted octanol–water partition coefficient (Wildman–Crippen LogP) is 4.34. The van der Waals surface area contributed by atoms with Gasteiger partial charge < -0.3 is 4.74 Å². The van der Waals surface area contributed by atoms with Crippen LogP contribution in [0.3, 0.4) is 0 Å². The molecular formula is C17H11F2NOS. The van der Waals surface area contributed by atoms with Crippen LogP contribution in [0.4, 0.5) is 8.78 Å². The maximum atomic E-state index is 13.7. The van der Waals surface area contributed by atoms with Gasteiger partial charge in [-0.3, -0.25) is 0 Å². The van der Waals surface area contributed by atoms with E-state index in [1.165, 1.54) is 0 Å². The number of halogens is 2. The zero-order valence-corrected chi connectivity index (χ0v) is 12.5. The first kappa shape index (κ1) is 15.9. The van der Waals surface area contributed by atoms with Crippen molar-refractivity contribution < 1.29 is 13.5 Å². The lowest BCUT2D eigenvalue weighted by Gasteiger charge is -2.01. The molecule has 2 aromatic rings. The van der Waals surface area contributed by atoms with Gasteiger partial charge in [0, 0.05) is 11.1 Å². The topological polar surface area (TPSA) is 33.0 Å². The molecule has 0 fully saturated rings. The summed E-state index contributed by atoms with van der Waals surface area (Å²) in [5.41, 5.74) is 0.922. The first-order valence-electron chi connectivity index (χ1n) is 6.44. The van der Waals surface area contributed by atoms with Crippen molar-refractivity contribution in [1.82, 2.24) is 0 Å². The number of thiocyanates is 1. The summed E-state index contributed by atoms with van der Waals surface area (Å²) in [5.74, 6) is 4.69. The molecule has 0 unspecified atom stereocenters. The summed E-state index contributed by atoms with van der Waals surface area (Å²) in [7, 11) is 0. The van der Waals surface area contributed by atoms with Crippen molar-refractivity contribution in [3.05, 3.63) is 59.2 Å². The fourth-order valence-electron chi connectivity index (χ4n) is 1.72. The van der Waals surface area contributed by atoms with Crippen molar-refractivity contribution in [3.8, 4) is 23.0 Å². The average molecular weight is 315 g/mol. The van der Waals surface area contributed by atoms with Gasteiger partial charge in [0.25, 0.3) is 0 Å². The summed E-state index contributed by atoms with van der Waals surface area (Å²) in [6.07, 6.45) is 0. The molecule has 0 radical (unpaired) electrons. The van der Waals surface area contributed by atoms with E-state index < -0.39 is 11.6 Å². The molecule has 0 aromatic heterocycles. The van der Waals surface area contributed by atoms with E-state index in [9.17, 15) is 8.78 Å². The first-order chi connectivity index (χ1) is 10.6. The molecule has 0 aliphatic carbocycles. The second-order valence-corrected chi connectivity index (χ2v) is 4.96. The summed E-state index contributed by atoms with van der Waals surface area (Å²) in [4.78, 5) is -0.311. The number of ether oxygens (including phenoxy) is 1. The van der Waals surface area contributed by atoms with Crippen LogP contribution < -0.4 is 4.74 Å². The molecular weight excluding hydrogens is 304 g/mol. The molecule has 22 heavy (non-hydrogen) atoms. The Morgan fingerprint density at radius 1 is 1.05 bits per heavy atom. The van der Waals surface area contributed by atoms with Gasteiger partial charge in [0.15, 0.2) is 0 Å². The van der Waals surface area contributed by atoms with Crippen LogP contribution in [-0.2, 0) is 0 Å². The third-order valence-electron chi connectivity index (χ3n) is 2.66. The van der Waals surface area contributed by atoms with E-state index in [0.717, 1.165) is 17.9 Å². The van der Waals surface area contributed by atoms with Crippen molar-refractivity contribution in [3.63, 3.8) is 0 Å². The smallest absolute Gasteiger partial charge is 0.142 e. The molecule has 0 atom stereocenters. The monoisotopic (exact) mass is 315 g/mol. The van der Waals surface area contributed by atoms with Crippen LogP contribution in [0.1, 0.15) is 18.1 Å². The second kappa shape index (κ2) is 7.49. The third kappa shape index (κ3) is 4.00. The van der Waals surface area contributed by atoms with Crippen LogP contribution in [0.15, 0.2) is 41.3 Å². The van der Waals surface area contributed by atoms with Gasteiger partial charge in [-0.15, -0.1) is 0 Å². The van der Waals surface area contributed by atoms with Crippen LogP contribution in [-0.4, -0.2) is 6.61 Å². The molecule has 0 heterocycles. The number of nitriles is 1. The third-order valence-corrected chi connectivity index (χ3v) is 3.35. The second-order valence-electron chi connectivity index (χ2n) is 4.17. The highest BCUT2D eigenvalue weighted by Crippen LogP contribution is 2.25. The minimum absolute atomic E-state index is 0.214. The summed E-state index contributed by atoms with van der Waals surface area (Å²) in [5, 5.41) is 10.1. The number of thioether (sulfide) groups is 1. The van der Waals surface area contributed by atoms with E-state index in [4.69, 9.17) is 10.00 Å². The van der Waals surface area contributed by atoms with Crippen LogP contribution in [0.2, 0.25) is 0 Å². The molecule has 0 spiro atoms. The summed E-state index contributed by atoms with van der Waals surface area (Å²) >= 11 is 0.451. The van der Waals surface area contributed by atoms with Crippen molar-refractivity contribution in [2.75, 3.05) is 6.61 Å². The molecule has 0 saturated carbocycles. The Bertz CT molecular complexity index is 747. The number of rotatable bonds is 3. The van der Waals surface area contributed by atoms with Gasteiger partial charge in [-0.2, -0.15) is 5.26 Å². The largest absolute Gasteiger partial charge is 0.494 e. The minimum atomic E-state index is -0.789. The zero-order valence-electron chi connectivity index (χ0n) is 11.7. The maximum absolute atomic E-state index is 13.7. The molecule has 0 N–H and O–H groups in total. The van der Waals surface area contributed by atoms with E-state index in [2.05, 4.69) is 11.8 Å². The lowest BCUT2D eigenvalue weighted by molar-refractivity contribution is 0.340. The normalized spacial score (nSPS) is 9.55. The fraction of sp³-hybridized carbons (Fsp3) is 0.118. The number of nitrogens with zero attached hydrogens (tertiary/aromatic N) is 1. The Morgan fingerprint density at radius 3 is 2.18 bits per heavy atom. The van der Waals surface area contributed by atoms with Crippen LogP contribution in [0.25, 0.3) is 0 Å². The van der Waals surface area contributed by atoms with Crippen molar-refractivity contribution in [2.45, 2.75) is 11.8 Å². The Balaban J connectivity index is 2.23.